The molecule has 0 aliphatic carbocycles. The van der Waals surface area contributed by atoms with E-state index in [1.807, 2.05) is 22.7 Å². The van der Waals surface area contributed by atoms with Gasteiger partial charge >= 0.3 is 0 Å². The quantitative estimate of drug-likeness (QED) is 0.209. The van der Waals surface area contributed by atoms with Crippen molar-refractivity contribution in [1.82, 2.24) is 4.57 Å². The molecule has 0 aliphatic heterocycles. The summed E-state index contributed by atoms with van der Waals surface area (Å²) in [6.07, 6.45) is 0. The predicted octanol–water partition coefficient (Wildman–Crippen LogP) is 11.2. The number of thiophene rings is 2. The molecule has 182 valence electrons. The van der Waals surface area contributed by atoms with Crippen molar-refractivity contribution in [3.63, 3.8) is 0 Å². The van der Waals surface area contributed by atoms with Crippen molar-refractivity contribution in [3.05, 3.63) is 127 Å². The molecule has 0 fully saturated rings. The number of hydrogen-bond donors (Lipinski definition) is 0. The molecule has 9 rings (SSSR count). The monoisotopic (exact) mass is 531 g/mol. The normalized spacial score (nSPS) is 12.1. The standard InChI is InChI=1S/C36H21NS2/c1-2-10-22(11-3-1)23-18-20-24(21-19-23)37-28-15-7-4-12-25(28)33-34(37)36-32(27-14-6-9-17-30(27)39-36)31-26-13-5-8-16-29(26)38-35(31)33/h1-21H. The van der Waals surface area contributed by atoms with Crippen LogP contribution in [0.15, 0.2) is 127 Å². The van der Waals surface area contributed by atoms with Crippen molar-refractivity contribution in [1.29, 1.82) is 0 Å². The minimum atomic E-state index is 1.19. The van der Waals surface area contributed by atoms with Crippen molar-refractivity contribution < 1.29 is 0 Å². The highest BCUT2D eigenvalue weighted by molar-refractivity contribution is 7.29. The fourth-order valence-corrected chi connectivity index (χ4v) is 8.84. The van der Waals surface area contributed by atoms with Gasteiger partial charge in [-0.15, -0.1) is 22.7 Å². The number of nitrogens with zero attached hydrogens (tertiary/aromatic N) is 1. The molecule has 0 radical (unpaired) electrons. The summed E-state index contributed by atoms with van der Waals surface area (Å²) in [4.78, 5) is 0. The number of hydrogen-bond acceptors (Lipinski definition) is 2. The summed E-state index contributed by atoms with van der Waals surface area (Å²) in [5.41, 5.74) is 6.24. The van der Waals surface area contributed by atoms with E-state index in [4.69, 9.17) is 0 Å². The van der Waals surface area contributed by atoms with E-state index in [2.05, 4.69) is 132 Å². The zero-order valence-electron chi connectivity index (χ0n) is 20.9. The molecule has 9 aromatic rings. The van der Waals surface area contributed by atoms with Crippen molar-refractivity contribution in [3.8, 4) is 16.8 Å². The van der Waals surface area contributed by atoms with Gasteiger partial charge in [-0.1, -0.05) is 97.1 Å². The van der Waals surface area contributed by atoms with E-state index in [1.165, 1.54) is 79.0 Å². The van der Waals surface area contributed by atoms with Gasteiger partial charge in [0.1, 0.15) is 0 Å². The zero-order chi connectivity index (χ0) is 25.5. The van der Waals surface area contributed by atoms with Gasteiger partial charge in [0.15, 0.2) is 0 Å². The van der Waals surface area contributed by atoms with Gasteiger partial charge in [-0.3, -0.25) is 0 Å². The first-order valence-corrected chi connectivity index (χ1v) is 14.8. The second-order valence-electron chi connectivity index (χ2n) is 10.1. The molecule has 3 heteroatoms. The van der Waals surface area contributed by atoms with E-state index in [-0.39, 0.29) is 0 Å². The Hall–Kier alpha value is -4.44. The Bertz CT molecular complexity index is 2370. The molecule has 39 heavy (non-hydrogen) atoms. The topological polar surface area (TPSA) is 4.93 Å². The minimum absolute atomic E-state index is 1.19. The lowest BCUT2D eigenvalue weighted by Gasteiger charge is -2.10. The molecule has 0 atom stereocenters. The molecule has 3 heterocycles. The summed E-state index contributed by atoms with van der Waals surface area (Å²) in [6.45, 7) is 0. The first kappa shape index (κ1) is 21.5. The Labute approximate surface area is 232 Å². The molecule has 0 saturated heterocycles. The number of rotatable bonds is 2. The maximum atomic E-state index is 2.50. The molecule has 0 amide bonds. The molecular formula is C36H21NS2. The second-order valence-corrected chi connectivity index (χ2v) is 12.2. The van der Waals surface area contributed by atoms with Crippen LogP contribution in [-0.2, 0) is 0 Å². The summed E-state index contributed by atoms with van der Waals surface area (Å²) in [6, 6.07) is 46.4. The molecule has 0 N–H and O–H groups in total. The van der Waals surface area contributed by atoms with Gasteiger partial charge in [-0.05, 0) is 41.5 Å². The van der Waals surface area contributed by atoms with Crippen LogP contribution in [0.1, 0.15) is 0 Å². The Kier molecular flexibility index (Phi) is 4.43. The van der Waals surface area contributed by atoms with Crippen LogP contribution in [0.4, 0.5) is 0 Å². The number of para-hydroxylation sites is 1. The number of benzene rings is 6. The molecule has 0 saturated carbocycles. The third kappa shape index (κ3) is 2.94. The van der Waals surface area contributed by atoms with Gasteiger partial charge in [0.2, 0.25) is 0 Å². The van der Waals surface area contributed by atoms with Crippen LogP contribution in [0.2, 0.25) is 0 Å². The maximum Gasteiger partial charge on any atom is 0.0734 e. The summed E-state index contributed by atoms with van der Waals surface area (Å²) < 4.78 is 7.94. The lowest BCUT2D eigenvalue weighted by molar-refractivity contribution is 1.19. The van der Waals surface area contributed by atoms with Crippen LogP contribution in [0.5, 0.6) is 0 Å². The van der Waals surface area contributed by atoms with Crippen LogP contribution >= 0.6 is 22.7 Å². The summed E-state index contributed by atoms with van der Waals surface area (Å²) >= 11 is 3.86. The first-order chi connectivity index (χ1) is 19.4. The van der Waals surface area contributed by atoms with Crippen molar-refractivity contribution >= 4 is 84.8 Å². The average molecular weight is 532 g/mol. The van der Waals surface area contributed by atoms with E-state index < -0.39 is 0 Å². The summed E-state index contributed by atoms with van der Waals surface area (Å²) in [5, 5.41) is 8.18. The van der Waals surface area contributed by atoms with Crippen molar-refractivity contribution in [2.24, 2.45) is 0 Å². The Morgan fingerprint density at radius 3 is 1.67 bits per heavy atom. The number of fused-ring (bicyclic) bond motifs is 12. The van der Waals surface area contributed by atoms with Gasteiger partial charge in [-0.25, -0.2) is 0 Å². The molecule has 0 spiro atoms. The van der Waals surface area contributed by atoms with Gasteiger partial charge in [-0.2, -0.15) is 0 Å². The van der Waals surface area contributed by atoms with Crippen LogP contribution in [-0.4, -0.2) is 4.57 Å². The van der Waals surface area contributed by atoms with E-state index in [0.717, 1.165) is 0 Å². The largest absolute Gasteiger partial charge is 0.308 e. The molecular weight excluding hydrogens is 511 g/mol. The maximum absolute atomic E-state index is 2.50. The molecule has 6 aromatic carbocycles. The van der Waals surface area contributed by atoms with E-state index in [0.29, 0.717) is 0 Å². The van der Waals surface area contributed by atoms with Crippen LogP contribution in [0, 0.1) is 0 Å². The molecule has 0 unspecified atom stereocenters. The van der Waals surface area contributed by atoms with Gasteiger partial charge < -0.3 is 4.57 Å². The molecule has 0 aliphatic rings. The predicted molar refractivity (Wildman–Crippen MR) is 172 cm³/mol. The first-order valence-electron chi connectivity index (χ1n) is 13.2. The van der Waals surface area contributed by atoms with Crippen LogP contribution in [0.25, 0.3) is 79.0 Å². The van der Waals surface area contributed by atoms with Crippen molar-refractivity contribution in [2.45, 2.75) is 0 Å². The fraction of sp³-hybridized carbons (Fsp3) is 0. The third-order valence-corrected chi connectivity index (χ3v) is 10.4. The highest BCUT2D eigenvalue weighted by Crippen LogP contribution is 2.51. The Morgan fingerprint density at radius 2 is 0.949 bits per heavy atom. The lowest BCUT2D eigenvalue weighted by atomic mass is 10.0. The van der Waals surface area contributed by atoms with Crippen LogP contribution < -0.4 is 0 Å². The number of aromatic nitrogens is 1. The van der Waals surface area contributed by atoms with E-state index >= 15 is 0 Å². The van der Waals surface area contributed by atoms with E-state index in [1.54, 1.807) is 0 Å². The highest BCUT2D eigenvalue weighted by atomic mass is 32.1. The van der Waals surface area contributed by atoms with Crippen LogP contribution in [0.3, 0.4) is 0 Å². The third-order valence-electron chi connectivity index (χ3n) is 7.99. The van der Waals surface area contributed by atoms with Gasteiger partial charge in [0.05, 0.1) is 15.7 Å². The lowest BCUT2D eigenvalue weighted by Crippen LogP contribution is -1.94. The van der Waals surface area contributed by atoms with E-state index in [9.17, 15) is 0 Å². The van der Waals surface area contributed by atoms with Gasteiger partial charge in [0.25, 0.3) is 0 Å². The SMILES string of the molecule is c1ccc(-c2ccc(-n3c4ccccc4c4c5sc6ccccc6c5c5c6ccccc6sc5c43)cc2)cc1. The average Bonchev–Trinajstić information content (AvgIpc) is 3.67. The Balaban J connectivity index is 1.50. The Morgan fingerprint density at radius 1 is 0.410 bits per heavy atom. The molecule has 3 aromatic heterocycles. The van der Waals surface area contributed by atoms with Crippen molar-refractivity contribution in [2.75, 3.05) is 0 Å². The van der Waals surface area contributed by atoms with Gasteiger partial charge in [0, 0.05) is 52.1 Å². The smallest absolute Gasteiger partial charge is 0.0734 e. The summed E-state index contributed by atoms with van der Waals surface area (Å²) in [5.74, 6) is 0. The molecule has 1 nitrogen and oxygen atoms in total. The zero-order valence-corrected chi connectivity index (χ0v) is 22.5. The second kappa shape index (κ2) is 8.03. The highest BCUT2D eigenvalue weighted by Gasteiger charge is 2.24. The molecule has 0 bridgehead atoms. The summed E-state index contributed by atoms with van der Waals surface area (Å²) in [7, 11) is 0. The fourth-order valence-electron chi connectivity index (χ4n) is 6.32. The minimum Gasteiger partial charge on any atom is -0.308 e.